The van der Waals surface area contributed by atoms with Crippen molar-refractivity contribution in [2.45, 2.75) is 0 Å². The Hall–Kier alpha value is -0.785. The number of benzene rings is 1. The van der Waals surface area contributed by atoms with Crippen molar-refractivity contribution in [3.8, 4) is 11.5 Å². The maximum atomic E-state index is 13.1. The molecule has 0 aliphatic carbocycles. The minimum absolute atomic E-state index is 0.0677. The topological polar surface area (TPSA) is 58.9 Å². The van der Waals surface area contributed by atoms with Crippen LogP contribution in [0.2, 0.25) is 0 Å². The van der Waals surface area contributed by atoms with Gasteiger partial charge in [0.1, 0.15) is 0 Å². The SMILES string of the molecule is COc1c(Br)ccc(F)c1OB(O)O. The molecule has 0 spiro atoms. The average Bonchev–Trinajstić information content (AvgIpc) is 2.11. The quantitative estimate of drug-likeness (QED) is 0.798. The molecule has 0 radical (unpaired) electrons. The molecule has 7 heteroatoms. The first-order chi connectivity index (χ1) is 6.56. The highest BCUT2D eigenvalue weighted by atomic mass is 79.9. The summed E-state index contributed by atoms with van der Waals surface area (Å²) >= 11 is 3.10. The van der Waals surface area contributed by atoms with Gasteiger partial charge in [-0.25, -0.2) is 4.39 Å². The lowest BCUT2D eigenvalue weighted by atomic mass is 10.2. The predicted molar refractivity (Wildman–Crippen MR) is 51.5 cm³/mol. The second kappa shape index (κ2) is 4.63. The van der Waals surface area contributed by atoms with E-state index in [1.807, 2.05) is 0 Å². The third kappa shape index (κ3) is 2.37. The zero-order valence-electron chi connectivity index (χ0n) is 7.20. The molecule has 0 saturated heterocycles. The van der Waals surface area contributed by atoms with Gasteiger partial charge in [0.15, 0.2) is 17.3 Å². The molecule has 1 rings (SSSR count). The van der Waals surface area contributed by atoms with Crippen LogP contribution in [0.25, 0.3) is 0 Å². The summed E-state index contributed by atoms with van der Waals surface area (Å²) in [6.45, 7) is 0. The van der Waals surface area contributed by atoms with Crippen molar-refractivity contribution < 1.29 is 23.8 Å². The van der Waals surface area contributed by atoms with Gasteiger partial charge in [-0.2, -0.15) is 0 Å². The lowest BCUT2D eigenvalue weighted by Crippen LogP contribution is -2.21. The minimum atomic E-state index is -2.09. The molecule has 1 aromatic carbocycles. The monoisotopic (exact) mass is 264 g/mol. The van der Waals surface area contributed by atoms with Crippen LogP contribution in [-0.4, -0.2) is 24.5 Å². The number of rotatable bonds is 3. The lowest BCUT2D eigenvalue weighted by Gasteiger charge is -2.12. The van der Waals surface area contributed by atoms with Crippen molar-refractivity contribution in [3.63, 3.8) is 0 Å². The summed E-state index contributed by atoms with van der Waals surface area (Å²) in [4.78, 5) is 0. The van der Waals surface area contributed by atoms with Gasteiger partial charge >= 0.3 is 7.32 Å². The third-order valence-corrected chi connectivity index (χ3v) is 2.07. The molecule has 2 N–H and O–H groups in total. The molecule has 0 aliphatic rings. The van der Waals surface area contributed by atoms with Gasteiger partial charge in [0, 0.05) is 0 Å². The Morgan fingerprint density at radius 3 is 2.50 bits per heavy atom. The van der Waals surface area contributed by atoms with Crippen LogP contribution >= 0.6 is 15.9 Å². The largest absolute Gasteiger partial charge is 0.707 e. The van der Waals surface area contributed by atoms with Crippen LogP contribution in [0.5, 0.6) is 11.5 Å². The van der Waals surface area contributed by atoms with E-state index in [-0.39, 0.29) is 11.5 Å². The first kappa shape index (κ1) is 11.3. The summed E-state index contributed by atoms with van der Waals surface area (Å²) in [5.41, 5.74) is 0. The van der Waals surface area contributed by atoms with E-state index in [1.165, 1.54) is 13.2 Å². The summed E-state index contributed by atoms with van der Waals surface area (Å²) in [6.07, 6.45) is 0. The van der Waals surface area contributed by atoms with E-state index in [4.69, 9.17) is 14.8 Å². The summed E-state index contributed by atoms with van der Waals surface area (Å²) in [7, 11) is -0.774. The van der Waals surface area contributed by atoms with Crippen LogP contribution in [0.15, 0.2) is 16.6 Å². The summed E-state index contributed by atoms with van der Waals surface area (Å²) in [6, 6.07) is 2.54. The molecule has 76 valence electrons. The number of methoxy groups -OCH3 is 1. The van der Waals surface area contributed by atoms with Crippen LogP contribution in [0.1, 0.15) is 0 Å². The fourth-order valence-corrected chi connectivity index (χ4v) is 1.39. The highest BCUT2D eigenvalue weighted by Gasteiger charge is 2.20. The second-order valence-electron chi connectivity index (χ2n) is 2.34. The molecule has 0 atom stereocenters. The number of hydrogen-bond donors (Lipinski definition) is 2. The van der Waals surface area contributed by atoms with Gasteiger partial charge < -0.3 is 19.4 Å². The Labute approximate surface area is 88.6 Å². The van der Waals surface area contributed by atoms with Crippen molar-refractivity contribution in [2.24, 2.45) is 0 Å². The molecular weight excluding hydrogens is 258 g/mol. The smallest absolute Gasteiger partial charge is 0.507 e. The zero-order chi connectivity index (χ0) is 10.7. The Balaban J connectivity index is 3.16. The standard InChI is InChI=1S/C7H7BBrFO4/c1-13-6-4(9)2-3-5(10)7(6)14-8(11)12/h2-3,11-12H,1H3. The number of hydrogen-bond acceptors (Lipinski definition) is 4. The Bertz CT molecular complexity index is 334. The van der Waals surface area contributed by atoms with Crippen LogP contribution in [0.4, 0.5) is 4.39 Å². The van der Waals surface area contributed by atoms with E-state index in [9.17, 15) is 4.39 Å². The van der Waals surface area contributed by atoms with E-state index in [1.54, 1.807) is 0 Å². The molecule has 0 unspecified atom stereocenters. The Morgan fingerprint density at radius 1 is 1.36 bits per heavy atom. The molecule has 0 bridgehead atoms. The second-order valence-corrected chi connectivity index (χ2v) is 3.19. The van der Waals surface area contributed by atoms with Crippen LogP contribution in [0.3, 0.4) is 0 Å². The molecular formula is C7H7BBrFO4. The van der Waals surface area contributed by atoms with Crippen molar-refractivity contribution in [2.75, 3.05) is 7.11 Å². The predicted octanol–water partition coefficient (Wildman–Crippen LogP) is 0.945. The number of halogens is 2. The maximum Gasteiger partial charge on any atom is 0.707 e. The molecule has 14 heavy (non-hydrogen) atoms. The number of ether oxygens (including phenoxy) is 1. The summed E-state index contributed by atoms with van der Waals surface area (Å²) in [5.74, 6) is -1.02. The fourth-order valence-electron chi connectivity index (χ4n) is 0.920. The van der Waals surface area contributed by atoms with Gasteiger partial charge in [-0.15, -0.1) is 0 Å². The minimum Gasteiger partial charge on any atom is -0.507 e. The van der Waals surface area contributed by atoms with E-state index >= 15 is 0 Å². The third-order valence-electron chi connectivity index (χ3n) is 1.44. The van der Waals surface area contributed by atoms with Crippen molar-refractivity contribution in [1.82, 2.24) is 0 Å². The van der Waals surface area contributed by atoms with Crippen molar-refractivity contribution in [3.05, 3.63) is 22.4 Å². The van der Waals surface area contributed by atoms with E-state index in [2.05, 4.69) is 20.6 Å². The molecule has 0 amide bonds. The van der Waals surface area contributed by atoms with Gasteiger partial charge in [-0.1, -0.05) is 0 Å². The molecule has 0 heterocycles. The van der Waals surface area contributed by atoms with Gasteiger partial charge in [-0.3, -0.25) is 0 Å². The maximum absolute atomic E-state index is 13.1. The highest BCUT2D eigenvalue weighted by Crippen LogP contribution is 2.37. The van der Waals surface area contributed by atoms with Gasteiger partial charge in [0.05, 0.1) is 11.6 Å². The van der Waals surface area contributed by atoms with Gasteiger partial charge in [-0.05, 0) is 28.1 Å². The van der Waals surface area contributed by atoms with E-state index in [0.29, 0.717) is 4.47 Å². The van der Waals surface area contributed by atoms with E-state index < -0.39 is 13.1 Å². The van der Waals surface area contributed by atoms with Crippen molar-refractivity contribution >= 4 is 23.3 Å². The van der Waals surface area contributed by atoms with E-state index in [0.717, 1.165) is 6.07 Å². The fraction of sp³-hybridized carbons (Fsp3) is 0.143. The van der Waals surface area contributed by atoms with Crippen molar-refractivity contribution in [1.29, 1.82) is 0 Å². The summed E-state index contributed by atoms with van der Waals surface area (Å²) < 4.78 is 22.8. The Morgan fingerprint density at radius 2 is 2.00 bits per heavy atom. The zero-order valence-corrected chi connectivity index (χ0v) is 8.78. The highest BCUT2D eigenvalue weighted by molar-refractivity contribution is 9.10. The normalized spacial score (nSPS) is 9.79. The first-order valence-electron chi connectivity index (χ1n) is 3.61. The molecule has 4 nitrogen and oxygen atoms in total. The van der Waals surface area contributed by atoms with Crippen LogP contribution in [-0.2, 0) is 0 Å². The summed E-state index contributed by atoms with van der Waals surface area (Å²) in [5, 5.41) is 17.1. The lowest BCUT2D eigenvalue weighted by molar-refractivity contribution is 0.271. The first-order valence-corrected chi connectivity index (χ1v) is 4.40. The molecule has 0 saturated carbocycles. The molecule has 1 aromatic rings. The van der Waals surface area contributed by atoms with Crippen LogP contribution < -0.4 is 9.39 Å². The molecule has 0 aliphatic heterocycles. The molecule has 0 aromatic heterocycles. The van der Waals surface area contributed by atoms with Gasteiger partial charge in [0.25, 0.3) is 0 Å². The van der Waals surface area contributed by atoms with Gasteiger partial charge in [0.2, 0.25) is 0 Å². The Kier molecular flexibility index (Phi) is 3.73. The average molecular weight is 265 g/mol. The van der Waals surface area contributed by atoms with Crippen LogP contribution in [0, 0.1) is 5.82 Å². The molecule has 0 fully saturated rings.